The molecule has 108 valence electrons. The molecule has 0 bridgehead atoms. The summed E-state index contributed by atoms with van der Waals surface area (Å²) in [6, 6.07) is 7.63. The highest BCUT2D eigenvalue weighted by Gasteiger charge is 2.17. The average Bonchev–Trinajstić information content (AvgIpc) is 3.08. The number of H-pyrrole nitrogens is 1. The van der Waals surface area contributed by atoms with Crippen LogP contribution < -0.4 is 4.74 Å². The minimum absolute atomic E-state index is 0.249. The van der Waals surface area contributed by atoms with Crippen molar-refractivity contribution >= 4 is 0 Å². The highest BCUT2D eigenvalue weighted by atomic mass is 19.1. The quantitative estimate of drug-likeness (QED) is 0.798. The molecule has 3 aromatic rings. The van der Waals surface area contributed by atoms with Crippen molar-refractivity contribution in [3.8, 4) is 17.3 Å². The lowest BCUT2D eigenvalue weighted by Crippen LogP contribution is -2.02. The number of hydrogen-bond acceptors (Lipinski definition) is 4. The second-order valence-corrected chi connectivity index (χ2v) is 4.63. The molecule has 3 rings (SSSR count). The molecule has 0 aliphatic carbocycles. The van der Waals surface area contributed by atoms with E-state index < -0.39 is 5.82 Å². The van der Waals surface area contributed by atoms with Crippen LogP contribution >= 0.6 is 0 Å². The van der Waals surface area contributed by atoms with Crippen molar-refractivity contribution in [1.82, 2.24) is 25.0 Å². The Hall–Kier alpha value is -2.70. The van der Waals surface area contributed by atoms with E-state index in [1.165, 1.54) is 0 Å². The van der Waals surface area contributed by atoms with Crippen molar-refractivity contribution in [2.75, 3.05) is 7.11 Å². The maximum Gasteiger partial charge on any atom is 0.185 e. The Morgan fingerprint density at radius 1 is 1.29 bits per heavy atom. The van der Waals surface area contributed by atoms with Crippen molar-refractivity contribution in [1.29, 1.82) is 0 Å². The first-order chi connectivity index (χ1) is 10.2. The minimum atomic E-state index is -0.404. The van der Waals surface area contributed by atoms with Gasteiger partial charge in [-0.05, 0) is 24.6 Å². The second-order valence-electron chi connectivity index (χ2n) is 4.63. The Morgan fingerprint density at radius 2 is 2.05 bits per heavy atom. The predicted octanol–water partition coefficient (Wildman–Crippen LogP) is 2.17. The number of benzene rings is 1. The third-order valence-corrected chi connectivity index (χ3v) is 3.22. The standard InChI is InChI=1S/C14H14FN5O/c1-9-12(15)13(18-17-9)14-19-16-8-20(14)7-10-3-5-11(21-2)6-4-10/h3-6,8H,7H2,1-2H3,(H,17,18). The molecule has 0 atom stereocenters. The molecule has 6 nitrogen and oxygen atoms in total. The minimum Gasteiger partial charge on any atom is -0.497 e. The van der Waals surface area contributed by atoms with Crippen molar-refractivity contribution in [2.24, 2.45) is 0 Å². The summed E-state index contributed by atoms with van der Waals surface area (Å²) in [7, 11) is 1.62. The maximum absolute atomic E-state index is 14.0. The molecule has 2 heterocycles. The van der Waals surface area contributed by atoms with Crippen molar-refractivity contribution in [2.45, 2.75) is 13.5 Å². The predicted molar refractivity (Wildman–Crippen MR) is 74.4 cm³/mol. The zero-order valence-electron chi connectivity index (χ0n) is 11.7. The third kappa shape index (κ3) is 2.49. The largest absolute Gasteiger partial charge is 0.497 e. The highest BCUT2D eigenvalue weighted by molar-refractivity contribution is 5.50. The molecule has 0 radical (unpaired) electrons. The summed E-state index contributed by atoms with van der Waals surface area (Å²) in [6.45, 7) is 2.13. The van der Waals surface area contributed by atoms with Crippen LogP contribution in [0.3, 0.4) is 0 Å². The average molecular weight is 287 g/mol. The molecule has 1 aromatic carbocycles. The van der Waals surface area contributed by atoms with Crippen molar-refractivity contribution in [3.63, 3.8) is 0 Å². The molecule has 0 saturated carbocycles. The van der Waals surface area contributed by atoms with E-state index in [2.05, 4.69) is 20.4 Å². The van der Waals surface area contributed by atoms with Crippen LogP contribution in [-0.4, -0.2) is 32.1 Å². The van der Waals surface area contributed by atoms with Crippen molar-refractivity contribution < 1.29 is 9.13 Å². The van der Waals surface area contributed by atoms with Crippen LogP contribution in [0.1, 0.15) is 11.3 Å². The Bertz CT molecular complexity index is 747. The summed E-state index contributed by atoms with van der Waals surface area (Å²) in [6.07, 6.45) is 1.56. The molecule has 0 saturated heterocycles. The number of aryl methyl sites for hydroxylation is 1. The smallest absolute Gasteiger partial charge is 0.185 e. The van der Waals surface area contributed by atoms with E-state index in [1.807, 2.05) is 24.3 Å². The highest BCUT2D eigenvalue weighted by Crippen LogP contribution is 2.21. The van der Waals surface area contributed by atoms with Gasteiger partial charge in [0.25, 0.3) is 0 Å². The molecule has 0 fully saturated rings. The molecule has 1 N–H and O–H groups in total. The van der Waals surface area contributed by atoms with Gasteiger partial charge in [0.1, 0.15) is 17.8 Å². The van der Waals surface area contributed by atoms with Crippen LogP contribution in [0, 0.1) is 12.7 Å². The Labute approximate surface area is 120 Å². The van der Waals surface area contributed by atoms with E-state index in [4.69, 9.17) is 4.74 Å². The van der Waals surface area contributed by atoms with E-state index >= 15 is 0 Å². The number of nitrogens with zero attached hydrogens (tertiary/aromatic N) is 4. The lowest BCUT2D eigenvalue weighted by molar-refractivity contribution is 0.414. The number of nitrogens with one attached hydrogen (secondary N) is 1. The molecular weight excluding hydrogens is 273 g/mol. The van der Waals surface area contributed by atoms with Gasteiger partial charge in [0, 0.05) is 0 Å². The van der Waals surface area contributed by atoms with Gasteiger partial charge >= 0.3 is 0 Å². The number of aromatic amines is 1. The third-order valence-electron chi connectivity index (χ3n) is 3.22. The monoisotopic (exact) mass is 287 g/mol. The fourth-order valence-electron chi connectivity index (χ4n) is 2.06. The van der Waals surface area contributed by atoms with E-state index in [0.717, 1.165) is 11.3 Å². The Morgan fingerprint density at radius 3 is 2.67 bits per heavy atom. The number of aromatic nitrogens is 5. The fourth-order valence-corrected chi connectivity index (χ4v) is 2.06. The zero-order chi connectivity index (χ0) is 14.8. The number of halogens is 1. The Balaban J connectivity index is 1.90. The molecule has 7 heteroatoms. The zero-order valence-corrected chi connectivity index (χ0v) is 11.7. The molecule has 2 aromatic heterocycles. The van der Waals surface area contributed by atoms with E-state index in [0.29, 0.717) is 18.1 Å². The maximum atomic E-state index is 14.0. The van der Waals surface area contributed by atoms with Gasteiger partial charge in [0.05, 0.1) is 19.3 Å². The summed E-state index contributed by atoms with van der Waals surface area (Å²) >= 11 is 0. The van der Waals surface area contributed by atoms with Crippen LogP contribution in [0.5, 0.6) is 5.75 Å². The van der Waals surface area contributed by atoms with Gasteiger partial charge in [-0.25, -0.2) is 4.39 Å². The number of rotatable bonds is 4. The second kappa shape index (κ2) is 5.35. The molecule has 0 amide bonds. The molecular formula is C14H14FN5O. The molecule has 0 aliphatic heterocycles. The summed E-state index contributed by atoms with van der Waals surface area (Å²) in [5.41, 5.74) is 1.59. The molecule has 0 spiro atoms. The first-order valence-corrected chi connectivity index (χ1v) is 6.40. The van der Waals surface area contributed by atoms with Gasteiger partial charge in [0.15, 0.2) is 11.6 Å². The van der Waals surface area contributed by atoms with Gasteiger partial charge in [0.2, 0.25) is 0 Å². The van der Waals surface area contributed by atoms with Crippen LogP contribution in [0.4, 0.5) is 4.39 Å². The van der Waals surface area contributed by atoms with Crippen LogP contribution in [0.2, 0.25) is 0 Å². The Kier molecular flexibility index (Phi) is 3.39. The number of hydrogen-bond donors (Lipinski definition) is 1. The lowest BCUT2D eigenvalue weighted by Gasteiger charge is -2.06. The SMILES string of the molecule is COc1ccc(Cn2cnnc2-c2[nH]nc(C)c2F)cc1. The number of methoxy groups -OCH3 is 1. The molecule has 0 unspecified atom stereocenters. The van der Waals surface area contributed by atoms with E-state index in [-0.39, 0.29) is 5.69 Å². The summed E-state index contributed by atoms with van der Waals surface area (Å²) in [5.74, 6) is 0.806. The summed E-state index contributed by atoms with van der Waals surface area (Å²) < 4.78 is 20.8. The fraction of sp³-hybridized carbons (Fsp3) is 0.214. The molecule has 0 aliphatic rings. The van der Waals surface area contributed by atoms with Crippen molar-refractivity contribution in [3.05, 3.63) is 47.7 Å². The van der Waals surface area contributed by atoms with Gasteiger partial charge in [-0.3, -0.25) is 5.10 Å². The topological polar surface area (TPSA) is 68.6 Å². The van der Waals surface area contributed by atoms with Crippen LogP contribution in [-0.2, 0) is 6.54 Å². The van der Waals surface area contributed by atoms with Crippen LogP contribution in [0.25, 0.3) is 11.5 Å². The summed E-state index contributed by atoms with van der Waals surface area (Å²) in [4.78, 5) is 0. The van der Waals surface area contributed by atoms with Gasteiger partial charge in [-0.1, -0.05) is 12.1 Å². The first-order valence-electron chi connectivity index (χ1n) is 6.40. The van der Waals surface area contributed by atoms with Gasteiger partial charge in [-0.2, -0.15) is 5.10 Å². The lowest BCUT2D eigenvalue weighted by atomic mass is 10.2. The van der Waals surface area contributed by atoms with E-state index in [1.54, 1.807) is 24.9 Å². The number of ether oxygens (including phenoxy) is 1. The summed E-state index contributed by atoms with van der Waals surface area (Å²) in [5, 5.41) is 14.3. The van der Waals surface area contributed by atoms with E-state index in [9.17, 15) is 4.39 Å². The van der Waals surface area contributed by atoms with Gasteiger partial charge in [-0.15, -0.1) is 10.2 Å². The van der Waals surface area contributed by atoms with Gasteiger partial charge < -0.3 is 9.30 Å². The first kappa shape index (κ1) is 13.3. The molecule has 21 heavy (non-hydrogen) atoms. The normalized spacial score (nSPS) is 10.8. The van der Waals surface area contributed by atoms with Crippen LogP contribution in [0.15, 0.2) is 30.6 Å².